The van der Waals surface area contributed by atoms with Gasteiger partial charge in [-0.2, -0.15) is 0 Å². The van der Waals surface area contributed by atoms with Crippen molar-refractivity contribution in [3.8, 4) is 17.1 Å². The van der Waals surface area contributed by atoms with Gasteiger partial charge in [0.05, 0.1) is 5.75 Å². The van der Waals surface area contributed by atoms with E-state index in [0.29, 0.717) is 37.6 Å². The van der Waals surface area contributed by atoms with Crippen LogP contribution in [0.15, 0.2) is 47.6 Å². The van der Waals surface area contributed by atoms with E-state index in [1.165, 1.54) is 23.9 Å². The lowest BCUT2D eigenvalue weighted by Crippen LogP contribution is -2.42. The summed E-state index contributed by atoms with van der Waals surface area (Å²) in [6, 6.07) is 11.3. The molecule has 1 aliphatic heterocycles. The van der Waals surface area contributed by atoms with Crippen molar-refractivity contribution in [1.29, 1.82) is 0 Å². The fraction of sp³-hybridized carbons (Fsp3) is 0.375. The lowest BCUT2D eigenvalue weighted by atomic mass is 10.1. The number of hydrogen-bond donors (Lipinski definition) is 0. The molecule has 33 heavy (non-hydrogen) atoms. The number of likely N-dealkylation sites (tertiary alicyclic amines) is 1. The molecule has 2 aromatic carbocycles. The minimum absolute atomic E-state index is 0.0227. The molecule has 0 N–H and O–H groups in total. The van der Waals surface area contributed by atoms with Crippen LogP contribution in [0.3, 0.4) is 0 Å². The zero-order valence-corrected chi connectivity index (χ0v) is 19.4. The minimum Gasteiger partial charge on any atom is -0.487 e. The molecule has 4 rings (SSSR count). The maximum atomic E-state index is 13.8. The highest BCUT2D eigenvalue weighted by Gasteiger charge is 2.25. The number of ether oxygens (including phenoxy) is 1. The van der Waals surface area contributed by atoms with Gasteiger partial charge >= 0.3 is 0 Å². The number of carbonyl (C=O) groups excluding carboxylic acids is 1. The average Bonchev–Trinajstić information content (AvgIpc) is 3.22. The molecular formula is C24H26F2N4O2S. The van der Waals surface area contributed by atoms with E-state index in [-0.39, 0.29) is 23.5 Å². The van der Waals surface area contributed by atoms with Crippen molar-refractivity contribution in [2.24, 2.45) is 0 Å². The number of halogens is 2. The average molecular weight is 473 g/mol. The van der Waals surface area contributed by atoms with Crippen LogP contribution in [0, 0.1) is 18.6 Å². The predicted octanol–water partition coefficient (Wildman–Crippen LogP) is 4.71. The number of amides is 1. The third kappa shape index (κ3) is 5.35. The summed E-state index contributed by atoms with van der Waals surface area (Å²) < 4.78 is 34.6. The normalized spacial score (nSPS) is 14.5. The summed E-state index contributed by atoms with van der Waals surface area (Å²) in [6.45, 7) is 5.84. The van der Waals surface area contributed by atoms with Crippen molar-refractivity contribution >= 4 is 17.7 Å². The lowest BCUT2D eigenvalue weighted by Gasteiger charge is -2.32. The van der Waals surface area contributed by atoms with E-state index in [0.717, 1.165) is 23.0 Å². The van der Waals surface area contributed by atoms with Gasteiger partial charge in [-0.15, -0.1) is 10.2 Å². The number of nitrogens with zero attached hydrogens (tertiary/aromatic N) is 4. The number of aromatic nitrogens is 3. The van der Waals surface area contributed by atoms with Gasteiger partial charge in [-0.05, 0) is 31.5 Å². The highest BCUT2D eigenvalue weighted by molar-refractivity contribution is 7.99. The molecule has 0 unspecified atom stereocenters. The zero-order valence-electron chi connectivity index (χ0n) is 18.6. The summed E-state index contributed by atoms with van der Waals surface area (Å²) >= 11 is 1.38. The van der Waals surface area contributed by atoms with Crippen LogP contribution in [0.5, 0.6) is 5.75 Å². The maximum Gasteiger partial charge on any atom is 0.233 e. The van der Waals surface area contributed by atoms with Crippen molar-refractivity contribution in [1.82, 2.24) is 19.7 Å². The fourth-order valence-corrected chi connectivity index (χ4v) is 4.80. The molecule has 0 saturated carbocycles. The first-order chi connectivity index (χ1) is 16.0. The summed E-state index contributed by atoms with van der Waals surface area (Å²) in [5.41, 5.74) is 2.16. The van der Waals surface area contributed by atoms with Crippen molar-refractivity contribution in [2.75, 3.05) is 18.8 Å². The smallest absolute Gasteiger partial charge is 0.233 e. The molecule has 0 atom stereocenters. The Kier molecular flexibility index (Phi) is 7.27. The number of rotatable bonds is 7. The van der Waals surface area contributed by atoms with Gasteiger partial charge in [-0.25, -0.2) is 8.78 Å². The molecule has 1 fully saturated rings. The molecule has 2 heterocycles. The first-order valence-corrected chi connectivity index (χ1v) is 12.0. The van der Waals surface area contributed by atoms with Crippen LogP contribution in [0.2, 0.25) is 0 Å². The van der Waals surface area contributed by atoms with Crippen molar-refractivity contribution in [3.05, 3.63) is 59.7 Å². The van der Waals surface area contributed by atoms with Crippen LogP contribution in [-0.2, 0) is 11.3 Å². The Morgan fingerprint density at radius 2 is 1.91 bits per heavy atom. The van der Waals surface area contributed by atoms with Crippen LogP contribution < -0.4 is 4.74 Å². The Morgan fingerprint density at radius 3 is 2.61 bits per heavy atom. The topological polar surface area (TPSA) is 60.2 Å². The summed E-state index contributed by atoms with van der Waals surface area (Å²) in [7, 11) is 0. The Bertz CT molecular complexity index is 1130. The summed E-state index contributed by atoms with van der Waals surface area (Å²) in [4.78, 5) is 14.6. The Hall–Kier alpha value is -2.94. The molecule has 0 radical (unpaired) electrons. The summed E-state index contributed by atoms with van der Waals surface area (Å²) in [5.74, 6) is -0.215. The molecule has 1 saturated heterocycles. The van der Waals surface area contributed by atoms with Gasteiger partial charge in [0.1, 0.15) is 11.9 Å². The highest BCUT2D eigenvalue weighted by Crippen LogP contribution is 2.27. The lowest BCUT2D eigenvalue weighted by molar-refractivity contribution is -0.130. The number of piperidine rings is 1. The Morgan fingerprint density at radius 1 is 1.15 bits per heavy atom. The number of hydrogen-bond acceptors (Lipinski definition) is 5. The van der Waals surface area contributed by atoms with Gasteiger partial charge in [0, 0.05) is 44.1 Å². The van der Waals surface area contributed by atoms with E-state index >= 15 is 0 Å². The van der Waals surface area contributed by atoms with Gasteiger partial charge in [0.2, 0.25) is 5.91 Å². The molecule has 6 nitrogen and oxygen atoms in total. The fourth-order valence-electron chi connectivity index (χ4n) is 3.89. The Labute approximate surface area is 196 Å². The van der Waals surface area contributed by atoms with Crippen LogP contribution in [0.4, 0.5) is 8.78 Å². The van der Waals surface area contributed by atoms with Crippen LogP contribution in [0.1, 0.15) is 25.3 Å². The van der Waals surface area contributed by atoms with E-state index in [9.17, 15) is 13.6 Å². The van der Waals surface area contributed by atoms with E-state index in [4.69, 9.17) is 4.74 Å². The monoisotopic (exact) mass is 472 g/mol. The molecule has 3 aromatic rings. The van der Waals surface area contributed by atoms with Gasteiger partial charge in [0.25, 0.3) is 0 Å². The molecule has 1 aromatic heterocycles. The molecular weight excluding hydrogens is 446 g/mol. The second-order valence-corrected chi connectivity index (χ2v) is 8.87. The quantitative estimate of drug-likeness (QED) is 0.466. The third-order valence-electron chi connectivity index (χ3n) is 5.73. The zero-order chi connectivity index (χ0) is 23.4. The predicted molar refractivity (Wildman–Crippen MR) is 123 cm³/mol. The molecule has 1 aliphatic rings. The number of thioether (sulfide) groups is 1. The molecule has 9 heteroatoms. The highest BCUT2D eigenvalue weighted by atomic mass is 32.2. The third-order valence-corrected chi connectivity index (χ3v) is 6.68. The SMILES string of the molecule is CCn1c(SCC(=O)N2CCC(Oc3ccc(F)cc3F)CC2)nnc1-c1ccccc1C. The van der Waals surface area contributed by atoms with E-state index in [1.807, 2.05) is 42.7 Å². The molecule has 0 aliphatic carbocycles. The van der Waals surface area contributed by atoms with Gasteiger partial charge in [-0.1, -0.05) is 36.0 Å². The summed E-state index contributed by atoms with van der Waals surface area (Å²) in [6.07, 6.45) is 0.979. The first kappa shape index (κ1) is 23.2. The molecule has 0 bridgehead atoms. The molecule has 174 valence electrons. The van der Waals surface area contributed by atoms with Gasteiger partial charge < -0.3 is 14.2 Å². The van der Waals surface area contributed by atoms with E-state index < -0.39 is 11.6 Å². The van der Waals surface area contributed by atoms with Crippen molar-refractivity contribution in [3.63, 3.8) is 0 Å². The second kappa shape index (κ2) is 10.3. The van der Waals surface area contributed by atoms with Crippen LogP contribution in [0.25, 0.3) is 11.4 Å². The molecule has 0 spiro atoms. The largest absolute Gasteiger partial charge is 0.487 e. The maximum absolute atomic E-state index is 13.8. The molecule has 1 amide bonds. The van der Waals surface area contributed by atoms with Crippen LogP contribution >= 0.6 is 11.8 Å². The number of carbonyl (C=O) groups is 1. The minimum atomic E-state index is -0.713. The Balaban J connectivity index is 1.32. The van der Waals surface area contributed by atoms with Gasteiger partial charge in [-0.3, -0.25) is 4.79 Å². The van der Waals surface area contributed by atoms with E-state index in [2.05, 4.69) is 10.2 Å². The number of benzene rings is 2. The van der Waals surface area contributed by atoms with Crippen LogP contribution in [-0.4, -0.2) is 50.5 Å². The number of aryl methyl sites for hydroxylation is 1. The van der Waals surface area contributed by atoms with Crippen molar-refractivity contribution in [2.45, 2.75) is 44.5 Å². The van der Waals surface area contributed by atoms with Crippen molar-refractivity contribution < 1.29 is 18.3 Å². The van der Waals surface area contributed by atoms with Gasteiger partial charge in [0.15, 0.2) is 22.5 Å². The summed E-state index contributed by atoms with van der Waals surface area (Å²) in [5, 5.41) is 9.40. The van der Waals surface area contributed by atoms with E-state index in [1.54, 1.807) is 4.90 Å². The first-order valence-electron chi connectivity index (χ1n) is 11.0. The standard InChI is InChI=1S/C24H26F2N4O2S/c1-3-30-23(19-7-5-4-6-16(19)2)27-28-24(30)33-15-22(31)29-12-10-18(11-13-29)32-21-9-8-17(25)14-20(21)26/h4-9,14,18H,3,10-13,15H2,1-2H3. The second-order valence-electron chi connectivity index (χ2n) is 7.93.